The summed E-state index contributed by atoms with van der Waals surface area (Å²) in [6, 6.07) is -0.131. The van der Waals surface area contributed by atoms with Crippen molar-refractivity contribution >= 4 is 17.5 Å². The predicted octanol–water partition coefficient (Wildman–Crippen LogP) is 2.23. The van der Waals surface area contributed by atoms with Gasteiger partial charge in [-0.05, 0) is 31.4 Å². The lowest BCUT2D eigenvalue weighted by Gasteiger charge is -2.22. The molecule has 0 aromatic carbocycles. The second-order valence-corrected chi connectivity index (χ2v) is 5.46. The average molecular weight is 311 g/mol. The number of aryl methyl sites for hydroxylation is 2. The summed E-state index contributed by atoms with van der Waals surface area (Å²) in [4.78, 5) is 18.5. The molecular weight excluding hydrogens is 296 g/mol. The van der Waals surface area contributed by atoms with Crippen molar-refractivity contribution in [3.05, 3.63) is 28.2 Å². The third kappa shape index (κ3) is 2.65. The van der Waals surface area contributed by atoms with E-state index in [1.165, 1.54) is 0 Å². The first-order valence-electron chi connectivity index (χ1n) is 6.76. The molecule has 1 unspecified atom stereocenters. The van der Waals surface area contributed by atoms with Crippen molar-refractivity contribution in [2.24, 2.45) is 0 Å². The van der Waals surface area contributed by atoms with Crippen molar-refractivity contribution < 1.29 is 13.8 Å². The Kier molecular flexibility index (Phi) is 3.67. The highest BCUT2D eigenvalue weighted by molar-refractivity contribution is 6.29. The summed E-state index contributed by atoms with van der Waals surface area (Å²) in [6.45, 7) is 4.18. The van der Waals surface area contributed by atoms with Crippen LogP contribution >= 0.6 is 11.6 Å². The fourth-order valence-corrected chi connectivity index (χ4v) is 2.83. The zero-order chi connectivity index (χ0) is 15.0. The molecule has 0 aliphatic carbocycles. The van der Waals surface area contributed by atoms with Gasteiger partial charge in [0.05, 0.1) is 18.2 Å². The second-order valence-electron chi connectivity index (χ2n) is 5.11. The minimum absolute atomic E-state index is 0.0341. The van der Waals surface area contributed by atoms with E-state index in [9.17, 15) is 4.79 Å². The van der Waals surface area contributed by atoms with Gasteiger partial charge in [-0.15, -0.1) is 0 Å². The fourth-order valence-electron chi connectivity index (χ4n) is 2.60. The first kappa shape index (κ1) is 14.1. The summed E-state index contributed by atoms with van der Waals surface area (Å²) >= 11 is 5.91. The Morgan fingerprint density at radius 1 is 1.38 bits per heavy atom. The Morgan fingerprint density at radius 3 is 2.81 bits per heavy atom. The molecule has 1 saturated heterocycles. The quantitative estimate of drug-likeness (QED) is 0.864. The topological polar surface area (TPSA) is 85.3 Å². The largest absolute Gasteiger partial charge is 0.344 e. The number of likely N-dealkylation sites (tertiary alicyclic amines) is 1. The van der Waals surface area contributed by atoms with Gasteiger partial charge in [0.25, 0.3) is 0 Å². The van der Waals surface area contributed by atoms with E-state index in [1.807, 2.05) is 0 Å². The molecule has 7 nitrogen and oxygen atoms in total. The van der Waals surface area contributed by atoms with Gasteiger partial charge in [-0.3, -0.25) is 4.79 Å². The molecule has 112 valence electrons. The van der Waals surface area contributed by atoms with Crippen LogP contribution in [0.3, 0.4) is 0 Å². The number of carbonyl (C=O) groups is 1. The van der Waals surface area contributed by atoms with Crippen molar-refractivity contribution in [1.82, 2.24) is 20.2 Å². The maximum Gasteiger partial charge on any atom is 0.229 e. The molecule has 1 amide bonds. The highest BCUT2D eigenvalue weighted by atomic mass is 35.5. The molecule has 21 heavy (non-hydrogen) atoms. The molecule has 8 heteroatoms. The maximum atomic E-state index is 12.5. The highest BCUT2D eigenvalue weighted by Gasteiger charge is 2.33. The van der Waals surface area contributed by atoms with Crippen LogP contribution in [0.15, 0.2) is 9.05 Å². The van der Waals surface area contributed by atoms with E-state index in [-0.39, 0.29) is 23.6 Å². The van der Waals surface area contributed by atoms with Crippen LogP contribution in [-0.4, -0.2) is 32.6 Å². The Labute approximate surface area is 126 Å². The highest BCUT2D eigenvalue weighted by Crippen LogP contribution is 2.31. The smallest absolute Gasteiger partial charge is 0.229 e. The van der Waals surface area contributed by atoms with Gasteiger partial charge in [0.2, 0.25) is 17.0 Å². The van der Waals surface area contributed by atoms with Crippen molar-refractivity contribution in [1.29, 1.82) is 0 Å². The molecule has 0 saturated carbocycles. The maximum absolute atomic E-state index is 12.5. The van der Waals surface area contributed by atoms with E-state index < -0.39 is 0 Å². The van der Waals surface area contributed by atoms with E-state index in [4.69, 9.17) is 20.6 Å². The van der Waals surface area contributed by atoms with E-state index in [0.29, 0.717) is 29.5 Å². The molecule has 0 bridgehead atoms. The number of aromatic nitrogens is 3. The normalized spacial score (nSPS) is 18.4. The van der Waals surface area contributed by atoms with Crippen molar-refractivity contribution in [3.8, 4) is 0 Å². The van der Waals surface area contributed by atoms with Crippen LogP contribution in [-0.2, 0) is 11.2 Å². The number of nitrogens with zero attached hydrogens (tertiary/aromatic N) is 4. The van der Waals surface area contributed by atoms with E-state index in [1.54, 1.807) is 18.7 Å². The van der Waals surface area contributed by atoms with Gasteiger partial charge in [0.1, 0.15) is 0 Å². The molecular formula is C13H15ClN4O3. The molecule has 2 aromatic rings. The van der Waals surface area contributed by atoms with Gasteiger partial charge >= 0.3 is 0 Å². The summed E-state index contributed by atoms with van der Waals surface area (Å²) < 4.78 is 9.88. The van der Waals surface area contributed by atoms with Crippen LogP contribution in [0.2, 0.25) is 5.22 Å². The predicted molar refractivity (Wildman–Crippen MR) is 72.7 cm³/mol. The van der Waals surface area contributed by atoms with Crippen LogP contribution in [0.5, 0.6) is 0 Å². The lowest BCUT2D eigenvalue weighted by Crippen LogP contribution is -2.32. The van der Waals surface area contributed by atoms with Gasteiger partial charge in [-0.2, -0.15) is 4.98 Å². The summed E-state index contributed by atoms with van der Waals surface area (Å²) in [7, 11) is 0. The molecule has 3 rings (SSSR count). The summed E-state index contributed by atoms with van der Waals surface area (Å²) in [6.07, 6.45) is 1.92. The summed E-state index contributed by atoms with van der Waals surface area (Å²) in [5, 5.41) is 7.86. The Hall–Kier alpha value is -1.89. The Balaban J connectivity index is 1.77. The molecule has 0 spiro atoms. The average Bonchev–Trinajstić information content (AvgIpc) is 3.14. The minimum atomic E-state index is -0.131. The summed E-state index contributed by atoms with van der Waals surface area (Å²) in [5.74, 6) is 1.03. The zero-order valence-electron chi connectivity index (χ0n) is 11.8. The fraction of sp³-hybridized carbons (Fsp3) is 0.538. The van der Waals surface area contributed by atoms with Crippen LogP contribution in [0.25, 0.3) is 0 Å². The monoisotopic (exact) mass is 310 g/mol. The third-order valence-electron chi connectivity index (χ3n) is 3.68. The van der Waals surface area contributed by atoms with Crippen molar-refractivity contribution in [2.45, 2.75) is 39.2 Å². The van der Waals surface area contributed by atoms with Crippen molar-refractivity contribution in [3.63, 3.8) is 0 Å². The van der Waals surface area contributed by atoms with E-state index in [2.05, 4.69) is 15.3 Å². The Bertz CT molecular complexity index is 647. The van der Waals surface area contributed by atoms with Crippen LogP contribution < -0.4 is 0 Å². The van der Waals surface area contributed by atoms with Gasteiger partial charge < -0.3 is 13.9 Å². The molecule has 0 radical (unpaired) electrons. The number of hydrogen-bond donors (Lipinski definition) is 0. The van der Waals surface area contributed by atoms with Crippen LogP contribution in [0, 0.1) is 13.8 Å². The second kappa shape index (κ2) is 5.48. The first-order valence-corrected chi connectivity index (χ1v) is 7.14. The molecule has 2 aromatic heterocycles. The van der Waals surface area contributed by atoms with Gasteiger partial charge in [-0.25, -0.2) is 0 Å². The van der Waals surface area contributed by atoms with Crippen LogP contribution in [0.4, 0.5) is 0 Å². The van der Waals surface area contributed by atoms with Crippen molar-refractivity contribution in [2.75, 3.05) is 6.54 Å². The lowest BCUT2D eigenvalue weighted by molar-refractivity contribution is -0.131. The molecule has 1 atom stereocenters. The van der Waals surface area contributed by atoms with Crippen LogP contribution in [0.1, 0.15) is 41.9 Å². The number of rotatable bonds is 3. The van der Waals surface area contributed by atoms with Gasteiger partial charge in [-0.1, -0.05) is 10.3 Å². The molecule has 0 N–H and O–H groups in total. The zero-order valence-corrected chi connectivity index (χ0v) is 12.6. The number of carbonyl (C=O) groups excluding carboxylic acids is 1. The minimum Gasteiger partial charge on any atom is -0.344 e. The van der Waals surface area contributed by atoms with E-state index >= 15 is 0 Å². The molecule has 1 aliphatic heterocycles. The Morgan fingerprint density at radius 2 is 2.19 bits per heavy atom. The lowest BCUT2D eigenvalue weighted by atomic mass is 10.1. The standard InChI is InChI=1S/C13H15ClN4O3/c1-7-9(12(14)21-16-7)6-11(19)18-5-3-4-10(18)13-15-8(2)20-17-13/h10H,3-6H2,1-2H3. The third-order valence-corrected chi connectivity index (χ3v) is 3.98. The SMILES string of the molecule is Cc1nc(C2CCCN2C(=O)Cc2c(C)noc2Cl)no1. The van der Waals surface area contributed by atoms with Gasteiger partial charge in [0.15, 0.2) is 5.82 Å². The first-order chi connectivity index (χ1) is 10.1. The number of hydrogen-bond acceptors (Lipinski definition) is 6. The summed E-state index contributed by atoms with van der Waals surface area (Å²) in [5.41, 5.74) is 1.27. The molecule has 1 fully saturated rings. The molecule has 1 aliphatic rings. The number of halogens is 1. The number of amides is 1. The van der Waals surface area contributed by atoms with Gasteiger partial charge in [0, 0.05) is 19.0 Å². The molecule has 3 heterocycles. The van der Waals surface area contributed by atoms with E-state index in [0.717, 1.165) is 12.8 Å².